The van der Waals surface area contributed by atoms with Gasteiger partial charge < -0.3 is 9.32 Å². The Morgan fingerprint density at radius 3 is 2.83 bits per heavy atom. The highest BCUT2D eigenvalue weighted by Crippen LogP contribution is 2.31. The number of carbonyl (C=O) groups is 1. The van der Waals surface area contributed by atoms with Gasteiger partial charge in [-0.05, 0) is 44.4 Å². The zero-order chi connectivity index (χ0) is 15.8. The van der Waals surface area contributed by atoms with Gasteiger partial charge >= 0.3 is 0 Å². The van der Waals surface area contributed by atoms with Crippen molar-refractivity contribution in [2.45, 2.75) is 51.2 Å². The molecule has 0 N–H and O–H groups in total. The molecular weight excluding hydrogens is 290 g/mol. The Hall–Kier alpha value is -1.88. The van der Waals surface area contributed by atoms with Crippen molar-refractivity contribution in [2.75, 3.05) is 13.1 Å². The van der Waals surface area contributed by atoms with E-state index < -0.39 is 0 Å². The van der Waals surface area contributed by atoms with Crippen LogP contribution in [0.5, 0.6) is 0 Å². The summed E-state index contributed by atoms with van der Waals surface area (Å²) in [5, 5.41) is 0. The van der Waals surface area contributed by atoms with Gasteiger partial charge in [0.25, 0.3) is 0 Å². The van der Waals surface area contributed by atoms with Crippen LogP contribution in [0.25, 0.3) is 11.1 Å². The van der Waals surface area contributed by atoms with Gasteiger partial charge in [0.15, 0.2) is 5.58 Å². The quantitative estimate of drug-likeness (QED) is 0.874. The zero-order valence-corrected chi connectivity index (χ0v) is 13.6. The van der Waals surface area contributed by atoms with Crippen molar-refractivity contribution in [2.24, 2.45) is 0 Å². The topological polar surface area (TPSA) is 49.6 Å². The van der Waals surface area contributed by atoms with Crippen LogP contribution in [0.3, 0.4) is 0 Å². The first-order valence-corrected chi connectivity index (χ1v) is 8.58. The van der Waals surface area contributed by atoms with Gasteiger partial charge in [0.2, 0.25) is 11.8 Å². The van der Waals surface area contributed by atoms with E-state index in [1.165, 1.54) is 6.42 Å². The summed E-state index contributed by atoms with van der Waals surface area (Å²) in [5.74, 6) is 0.992. The Kier molecular flexibility index (Phi) is 3.81. The largest absolute Gasteiger partial charge is 0.439 e. The number of carbonyl (C=O) groups excluding carboxylic acids is 1. The van der Waals surface area contributed by atoms with Gasteiger partial charge in [-0.25, -0.2) is 4.98 Å². The van der Waals surface area contributed by atoms with E-state index in [2.05, 4.69) is 14.8 Å². The molecule has 1 aromatic carbocycles. The highest BCUT2D eigenvalue weighted by atomic mass is 16.3. The summed E-state index contributed by atoms with van der Waals surface area (Å²) < 4.78 is 5.88. The number of amides is 1. The summed E-state index contributed by atoms with van der Waals surface area (Å²) in [6.45, 7) is 4.40. The lowest BCUT2D eigenvalue weighted by Crippen LogP contribution is -2.47. The number of benzene rings is 1. The van der Waals surface area contributed by atoms with Crippen molar-refractivity contribution in [3.63, 3.8) is 0 Å². The lowest BCUT2D eigenvalue weighted by atomic mass is 10.0. The average molecular weight is 313 g/mol. The fourth-order valence-electron chi connectivity index (χ4n) is 4.23. The molecule has 1 aromatic heterocycles. The molecule has 1 amide bonds. The number of rotatable bonds is 3. The van der Waals surface area contributed by atoms with Crippen LogP contribution in [0.15, 0.2) is 28.7 Å². The lowest BCUT2D eigenvalue weighted by molar-refractivity contribution is -0.130. The predicted molar refractivity (Wildman–Crippen MR) is 87.9 cm³/mol. The molecule has 5 nitrogen and oxygen atoms in total. The standard InChI is InChI=1S/C18H23N3O2/c1-13(22)21-11-5-8-16(21)15-7-4-10-20(15)12-18-19-14-6-2-3-9-17(14)23-18/h2-3,6,9,15-16H,4-5,7-8,10-12H2,1H3/t15-,16-/m0/s1. The van der Waals surface area contributed by atoms with E-state index in [0.29, 0.717) is 12.1 Å². The van der Waals surface area contributed by atoms with E-state index in [1.54, 1.807) is 6.92 Å². The van der Waals surface area contributed by atoms with Gasteiger partial charge in [-0.2, -0.15) is 0 Å². The van der Waals surface area contributed by atoms with Crippen molar-refractivity contribution < 1.29 is 9.21 Å². The van der Waals surface area contributed by atoms with E-state index in [-0.39, 0.29) is 5.91 Å². The first kappa shape index (κ1) is 14.7. The van der Waals surface area contributed by atoms with Gasteiger partial charge in [-0.3, -0.25) is 9.69 Å². The molecule has 2 aliphatic heterocycles. The van der Waals surface area contributed by atoms with Crippen LogP contribution in [0.1, 0.15) is 38.5 Å². The van der Waals surface area contributed by atoms with Crippen molar-refractivity contribution in [1.29, 1.82) is 0 Å². The number of hydrogen-bond acceptors (Lipinski definition) is 4. The highest BCUT2D eigenvalue weighted by Gasteiger charge is 2.39. The van der Waals surface area contributed by atoms with Crippen LogP contribution in [-0.4, -0.2) is 45.9 Å². The second-order valence-corrected chi connectivity index (χ2v) is 6.68. The zero-order valence-electron chi connectivity index (χ0n) is 13.6. The SMILES string of the molecule is CC(=O)N1CCC[C@H]1[C@@H]1CCCN1Cc1nc2ccccc2o1. The molecule has 2 atom stereocenters. The number of nitrogens with zero attached hydrogens (tertiary/aromatic N) is 3. The molecule has 2 aromatic rings. The second kappa shape index (κ2) is 5.96. The third-order valence-electron chi connectivity index (χ3n) is 5.24. The monoisotopic (exact) mass is 313 g/mol. The molecule has 2 saturated heterocycles. The Bertz CT molecular complexity index is 678. The minimum absolute atomic E-state index is 0.209. The van der Waals surface area contributed by atoms with Crippen molar-refractivity contribution in [3.05, 3.63) is 30.2 Å². The smallest absolute Gasteiger partial charge is 0.219 e. The molecular formula is C18H23N3O2. The lowest BCUT2D eigenvalue weighted by Gasteiger charge is -2.34. The summed E-state index contributed by atoms with van der Waals surface area (Å²) in [6, 6.07) is 8.70. The van der Waals surface area contributed by atoms with Crippen LogP contribution in [0.4, 0.5) is 0 Å². The first-order chi connectivity index (χ1) is 11.2. The number of aromatic nitrogens is 1. The number of fused-ring (bicyclic) bond motifs is 1. The van der Waals surface area contributed by atoms with Crippen LogP contribution in [0.2, 0.25) is 0 Å². The molecule has 0 saturated carbocycles. The van der Waals surface area contributed by atoms with Gasteiger partial charge in [0, 0.05) is 25.6 Å². The molecule has 122 valence electrons. The Balaban J connectivity index is 1.52. The third-order valence-corrected chi connectivity index (χ3v) is 5.24. The normalized spacial score (nSPS) is 25.5. The molecule has 0 unspecified atom stereocenters. The minimum Gasteiger partial charge on any atom is -0.439 e. The summed E-state index contributed by atoms with van der Waals surface area (Å²) in [4.78, 5) is 21.0. The van der Waals surface area contributed by atoms with E-state index in [0.717, 1.165) is 55.9 Å². The predicted octanol–water partition coefficient (Wildman–Crippen LogP) is 2.80. The van der Waals surface area contributed by atoms with E-state index in [4.69, 9.17) is 4.42 Å². The fraction of sp³-hybridized carbons (Fsp3) is 0.556. The minimum atomic E-state index is 0.209. The maximum Gasteiger partial charge on any atom is 0.219 e. The number of hydrogen-bond donors (Lipinski definition) is 0. The highest BCUT2D eigenvalue weighted by molar-refractivity contribution is 5.74. The molecule has 2 aliphatic rings. The van der Waals surface area contributed by atoms with Crippen LogP contribution in [0, 0.1) is 0 Å². The van der Waals surface area contributed by atoms with Gasteiger partial charge in [-0.1, -0.05) is 12.1 Å². The maximum absolute atomic E-state index is 11.9. The number of para-hydroxylation sites is 2. The number of likely N-dealkylation sites (tertiary alicyclic amines) is 2. The van der Waals surface area contributed by atoms with Gasteiger partial charge in [0.1, 0.15) is 5.52 Å². The van der Waals surface area contributed by atoms with Gasteiger partial charge in [0.05, 0.1) is 6.54 Å². The Labute approximate surface area is 136 Å². The fourth-order valence-corrected chi connectivity index (χ4v) is 4.23. The molecule has 0 aliphatic carbocycles. The summed E-state index contributed by atoms with van der Waals surface area (Å²) in [5.41, 5.74) is 1.77. The first-order valence-electron chi connectivity index (χ1n) is 8.58. The molecule has 0 bridgehead atoms. The summed E-state index contributed by atoms with van der Waals surface area (Å²) in [7, 11) is 0. The molecule has 0 spiro atoms. The van der Waals surface area contributed by atoms with Crippen molar-refractivity contribution in [3.8, 4) is 0 Å². The summed E-state index contributed by atoms with van der Waals surface area (Å²) in [6.07, 6.45) is 4.59. The van der Waals surface area contributed by atoms with Crippen LogP contribution in [-0.2, 0) is 11.3 Å². The van der Waals surface area contributed by atoms with E-state index in [1.807, 2.05) is 24.3 Å². The molecule has 4 rings (SSSR count). The van der Waals surface area contributed by atoms with E-state index >= 15 is 0 Å². The Morgan fingerprint density at radius 2 is 2.00 bits per heavy atom. The maximum atomic E-state index is 11.9. The number of oxazole rings is 1. The molecule has 5 heteroatoms. The van der Waals surface area contributed by atoms with Crippen molar-refractivity contribution in [1.82, 2.24) is 14.8 Å². The molecule has 3 heterocycles. The second-order valence-electron chi connectivity index (χ2n) is 6.68. The summed E-state index contributed by atoms with van der Waals surface area (Å²) >= 11 is 0. The third kappa shape index (κ3) is 2.74. The van der Waals surface area contributed by atoms with E-state index in [9.17, 15) is 4.79 Å². The molecule has 23 heavy (non-hydrogen) atoms. The molecule has 0 radical (unpaired) electrons. The van der Waals surface area contributed by atoms with Crippen LogP contribution < -0.4 is 0 Å². The van der Waals surface area contributed by atoms with Gasteiger partial charge in [-0.15, -0.1) is 0 Å². The van der Waals surface area contributed by atoms with Crippen LogP contribution >= 0.6 is 0 Å². The Morgan fingerprint density at radius 1 is 1.22 bits per heavy atom. The molecule has 2 fully saturated rings. The average Bonchev–Trinajstić information content (AvgIpc) is 3.25. The van der Waals surface area contributed by atoms with Crippen molar-refractivity contribution >= 4 is 17.0 Å².